The summed E-state index contributed by atoms with van der Waals surface area (Å²) in [4.78, 5) is 22.0. The maximum Gasteiger partial charge on any atom is 0.284 e. The Morgan fingerprint density at radius 1 is 1.30 bits per heavy atom. The minimum absolute atomic E-state index is 0.193. The first-order valence-electron chi connectivity index (χ1n) is 9.08. The summed E-state index contributed by atoms with van der Waals surface area (Å²) < 4.78 is 0. The normalized spacial score (nSPS) is 16.2. The van der Waals surface area contributed by atoms with Gasteiger partial charge in [0, 0.05) is 37.3 Å². The van der Waals surface area contributed by atoms with Crippen molar-refractivity contribution in [1.29, 1.82) is 0 Å². The quantitative estimate of drug-likeness (QED) is 0.636. The third-order valence-electron chi connectivity index (χ3n) is 5.11. The number of likely N-dealkylation sites (N-methyl/N-ethyl adjacent to an activating group) is 1. The predicted molar refractivity (Wildman–Crippen MR) is 111 cm³/mol. The highest BCUT2D eigenvalue weighted by Gasteiger charge is 2.26. The number of anilines is 3. The van der Waals surface area contributed by atoms with Crippen molar-refractivity contribution in [3.8, 4) is 0 Å². The fraction of sp³-hybridized carbons (Fsp3) is 0.300. The molecule has 0 bridgehead atoms. The molecule has 1 unspecified atom stereocenters. The number of rotatable bonds is 3. The first-order valence-corrected chi connectivity index (χ1v) is 9.90. The number of pyridine rings is 1. The van der Waals surface area contributed by atoms with Gasteiger partial charge in [-0.15, -0.1) is 0 Å². The number of hydrogen-bond acceptors (Lipinski definition) is 4. The van der Waals surface area contributed by atoms with Gasteiger partial charge in [-0.2, -0.15) is 0 Å². The third-order valence-corrected chi connectivity index (χ3v) is 6.27. The molecule has 0 saturated carbocycles. The molecule has 0 spiro atoms. The number of nitrogen functional groups attached to an aromatic ring is 1. The van der Waals surface area contributed by atoms with E-state index in [1.807, 2.05) is 49.3 Å². The van der Waals surface area contributed by atoms with Crippen molar-refractivity contribution in [2.75, 3.05) is 43.6 Å². The number of fused-ring (bicyclic) bond motifs is 3. The van der Waals surface area contributed by atoms with Gasteiger partial charge in [-0.25, -0.2) is 4.98 Å². The maximum atomic E-state index is 12.8. The predicted octanol–water partition coefficient (Wildman–Crippen LogP) is 1.19. The maximum absolute atomic E-state index is 12.8. The van der Waals surface area contributed by atoms with Crippen molar-refractivity contribution >= 4 is 44.7 Å². The van der Waals surface area contributed by atoms with Crippen LogP contribution in [-0.4, -0.2) is 33.6 Å². The van der Waals surface area contributed by atoms with E-state index in [1.165, 1.54) is 15.3 Å². The van der Waals surface area contributed by atoms with Crippen LogP contribution in [0.5, 0.6) is 0 Å². The number of nitrogens with two attached hydrogens (primary N) is 1. The van der Waals surface area contributed by atoms with E-state index in [4.69, 9.17) is 5.73 Å². The van der Waals surface area contributed by atoms with Crippen LogP contribution in [0.25, 0.3) is 10.2 Å². The molecule has 7 heteroatoms. The molecule has 1 atom stereocenters. The lowest BCUT2D eigenvalue weighted by Gasteiger charge is -2.19. The Hall–Kier alpha value is -2.64. The van der Waals surface area contributed by atoms with Gasteiger partial charge >= 0.3 is 0 Å². The highest BCUT2D eigenvalue weighted by molar-refractivity contribution is 7.18. The van der Waals surface area contributed by atoms with Crippen molar-refractivity contribution in [1.82, 2.24) is 0 Å². The topological polar surface area (TPSA) is 76.9 Å². The molecule has 1 aliphatic rings. The molecule has 1 amide bonds. The summed E-state index contributed by atoms with van der Waals surface area (Å²) in [5.41, 5.74) is 9.86. The van der Waals surface area contributed by atoms with Gasteiger partial charge in [-0.3, -0.25) is 10.5 Å². The first kappa shape index (κ1) is 17.8. The van der Waals surface area contributed by atoms with E-state index < -0.39 is 0 Å². The highest BCUT2D eigenvalue weighted by atomic mass is 32.1. The van der Waals surface area contributed by atoms with Crippen LogP contribution in [0.4, 0.5) is 17.2 Å². The number of carbonyl (C=O) groups is 1. The molecule has 3 heterocycles. The number of aromatic nitrogens is 1. The molecule has 1 aromatic carbocycles. The van der Waals surface area contributed by atoms with Crippen LogP contribution in [-0.2, 0) is 13.0 Å². The minimum Gasteiger partial charge on any atom is -0.378 e. The SMILES string of the molecule is CN(C)c1ccc(NC(=O)c2cc3c4c(sc3[nH+]c2N)C[NH+](C)CC4)cc1. The van der Waals surface area contributed by atoms with Gasteiger partial charge in [-0.05, 0) is 35.9 Å². The molecule has 5 N–H and O–H groups in total. The molecule has 27 heavy (non-hydrogen) atoms. The van der Waals surface area contributed by atoms with E-state index in [0.717, 1.165) is 41.1 Å². The number of nitrogens with one attached hydrogen (secondary N) is 3. The van der Waals surface area contributed by atoms with Crippen molar-refractivity contribution < 1.29 is 14.7 Å². The third kappa shape index (κ3) is 3.36. The summed E-state index contributed by atoms with van der Waals surface area (Å²) in [6.45, 7) is 2.14. The zero-order valence-corrected chi connectivity index (χ0v) is 16.7. The number of aromatic amines is 1. The van der Waals surface area contributed by atoms with Crippen LogP contribution in [0.15, 0.2) is 30.3 Å². The summed E-state index contributed by atoms with van der Waals surface area (Å²) in [7, 11) is 6.19. The Morgan fingerprint density at radius 3 is 2.74 bits per heavy atom. The van der Waals surface area contributed by atoms with Crippen LogP contribution in [0.3, 0.4) is 0 Å². The fourth-order valence-electron chi connectivity index (χ4n) is 3.53. The van der Waals surface area contributed by atoms with Crippen LogP contribution in [0.1, 0.15) is 20.8 Å². The molecular formula is C20H25N5OS+2. The number of thiophene rings is 1. The lowest BCUT2D eigenvalue weighted by atomic mass is 10.0. The first-order chi connectivity index (χ1) is 12.9. The van der Waals surface area contributed by atoms with Crippen molar-refractivity contribution in [3.05, 3.63) is 46.3 Å². The number of nitrogens with zero attached hydrogens (tertiary/aromatic N) is 1. The Morgan fingerprint density at radius 2 is 2.04 bits per heavy atom. The summed E-state index contributed by atoms with van der Waals surface area (Å²) in [5, 5.41) is 4.08. The molecule has 0 aliphatic carbocycles. The molecule has 140 valence electrons. The van der Waals surface area contributed by atoms with Gasteiger partial charge in [0.1, 0.15) is 12.1 Å². The van der Waals surface area contributed by atoms with Gasteiger partial charge in [0.2, 0.25) is 0 Å². The number of H-pyrrole nitrogens is 1. The number of hydrogen-bond donors (Lipinski definition) is 3. The molecule has 0 fully saturated rings. The summed E-state index contributed by atoms with van der Waals surface area (Å²) in [6.07, 6.45) is 1.03. The van der Waals surface area contributed by atoms with Gasteiger partial charge in [-0.1, -0.05) is 11.3 Å². The van der Waals surface area contributed by atoms with Crippen LogP contribution in [0, 0.1) is 0 Å². The smallest absolute Gasteiger partial charge is 0.284 e. The van der Waals surface area contributed by atoms with Crippen molar-refractivity contribution in [3.63, 3.8) is 0 Å². The minimum atomic E-state index is -0.193. The Kier molecular flexibility index (Phi) is 4.49. The lowest BCUT2D eigenvalue weighted by molar-refractivity contribution is -0.895. The molecule has 1 aliphatic heterocycles. The molecule has 3 aromatic rings. The van der Waals surface area contributed by atoms with Gasteiger partial charge in [0.25, 0.3) is 11.7 Å². The van der Waals surface area contributed by atoms with E-state index in [2.05, 4.69) is 17.3 Å². The van der Waals surface area contributed by atoms with Crippen LogP contribution < -0.4 is 25.8 Å². The number of quaternary nitrogens is 1. The second-order valence-corrected chi connectivity index (χ2v) is 8.48. The Balaban J connectivity index is 1.64. The number of benzene rings is 1. The summed E-state index contributed by atoms with van der Waals surface area (Å²) in [5.74, 6) is 0.214. The number of carbonyl (C=O) groups excluding carboxylic acids is 1. The molecule has 0 saturated heterocycles. The van der Waals surface area contributed by atoms with Gasteiger partial charge in [0.15, 0.2) is 4.83 Å². The lowest BCUT2D eigenvalue weighted by Crippen LogP contribution is -3.08. The molecular weight excluding hydrogens is 358 g/mol. The fourth-order valence-corrected chi connectivity index (χ4v) is 4.88. The summed E-state index contributed by atoms with van der Waals surface area (Å²) in [6, 6.07) is 9.69. The molecule has 4 rings (SSSR count). The Bertz CT molecular complexity index is 1010. The summed E-state index contributed by atoms with van der Waals surface area (Å²) >= 11 is 1.75. The zero-order chi connectivity index (χ0) is 19.1. The largest absolute Gasteiger partial charge is 0.378 e. The van der Waals surface area contributed by atoms with Crippen molar-refractivity contribution in [2.24, 2.45) is 0 Å². The van der Waals surface area contributed by atoms with Gasteiger partial charge < -0.3 is 15.1 Å². The number of amides is 1. The van der Waals surface area contributed by atoms with Crippen molar-refractivity contribution in [2.45, 2.75) is 13.0 Å². The van der Waals surface area contributed by atoms with E-state index >= 15 is 0 Å². The standard InChI is InChI=1S/C20H23N5OS/c1-24(2)13-6-4-12(5-7-13)22-19(26)16-10-15-14-8-9-25(3)11-17(14)27-20(15)23-18(16)21/h4-7,10H,8-9,11H2,1-3H3,(H2,21,23)(H,22,26)/p+2. The Labute approximate surface area is 162 Å². The van der Waals surface area contributed by atoms with Crippen LogP contribution >= 0.6 is 11.3 Å². The monoisotopic (exact) mass is 383 g/mol. The van der Waals surface area contributed by atoms with E-state index in [0.29, 0.717) is 11.4 Å². The highest BCUT2D eigenvalue weighted by Crippen LogP contribution is 2.31. The molecule has 6 nitrogen and oxygen atoms in total. The average Bonchev–Trinajstić information content (AvgIpc) is 2.97. The second-order valence-electron chi connectivity index (χ2n) is 7.37. The van der Waals surface area contributed by atoms with E-state index in [-0.39, 0.29) is 5.91 Å². The average molecular weight is 384 g/mol. The van der Waals surface area contributed by atoms with E-state index in [9.17, 15) is 4.79 Å². The van der Waals surface area contributed by atoms with Crippen LogP contribution in [0.2, 0.25) is 0 Å². The second kappa shape index (κ2) is 6.83. The molecule has 2 aromatic heterocycles. The zero-order valence-electron chi connectivity index (χ0n) is 15.8. The molecule has 0 radical (unpaired) electrons. The van der Waals surface area contributed by atoms with Gasteiger partial charge in [0.05, 0.1) is 18.5 Å². The van der Waals surface area contributed by atoms with E-state index in [1.54, 1.807) is 11.3 Å².